The van der Waals surface area contributed by atoms with E-state index >= 15 is 0 Å². The highest BCUT2D eigenvalue weighted by Crippen LogP contribution is 2.07. The average molecular weight is 259 g/mol. The molecule has 104 valence electrons. The Morgan fingerprint density at radius 3 is 2.67 bits per heavy atom. The van der Waals surface area contributed by atoms with Crippen LogP contribution in [0.5, 0.6) is 0 Å². The predicted octanol–water partition coefficient (Wildman–Crippen LogP) is 0.481. The van der Waals surface area contributed by atoms with Crippen molar-refractivity contribution in [3.05, 3.63) is 0 Å². The fraction of sp³-hybridized carbons (Fsp3) is 0.750. The Balaban J connectivity index is 4.11. The number of ether oxygens (including phenoxy) is 3. The molecule has 0 aromatic rings. The van der Waals surface area contributed by atoms with Crippen LogP contribution in [0.1, 0.15) is 20.3 Å². The van der Waals surface area contributed by atoms with E-state index in [0.29, 0.717) is 12.5 Å². The number of primary amides is 1. The van der Waals surface area contributed by atoms with E-state index in [2.05, 4.69) is 10.7 Å². The average Bonchev–Trinajstić information content (AvgIpc) is 2.27. The van der Waals surface area contributed by atoms with E-state index in [-0.39, 0.29) is 13.2 Å². The molecule has 0 radical (unpaired) electrons. The zero-order chi connectivity index (χ0) is 14.0. The fourth-order valence-corrected chi connectivity index (χ4v) is 1.08. The van der Waals surface area contributed by atoms with Gasteiger partial charge in [0.05, 0.1) is 13.2 Å². The molecule has 0 aromatic heterocycles. The van der Waals surface area contributed by atoms with Crippen molar-refractivity contribution in [3.8, 4) is 12.3 Å². The lowest BCUT2D eigenvalue weighted by Gasteiger charge is -2.22. The third kappa shape index (κ3) is 8.82. The van der Waals surface area contributed by atoms with Gasteiger partial charge in [0.15, 0.2) is 0 Å². The van der Waals surface area contributed by atoms with Crippen molar-refractivity contribution in [1.29, 1.82) is 0 Å². The Hall–Kier alpha value is -1.29. The van der Waals surface area contributed by atoms with Crippen LogP contribution < -0.4 is 5.73 Å². The van der Waals surface area contributed by atoms with Gasteiger partial charge in [0.25, 0.3) is 0 Å². The van der Waals surface area contributed by atoms with Crippen molar-refractivity contribution in [2.75, 3.05) is 19.8 Å². The van der Waals surface area contributed by atoms with E-state index in [0.717, 1.165) is 6.42 Å². The van der Waals surface area contributed by atoms with Gasteiger partial charge >= 0.3 is 6.09 Å². The van der Waals surface area contributed by atoms with Crippen molar-refractivity contribution in [2.45, 2.75) is 32.7 Å². The summed E-state index contributed by atoms with van der Waals surface area (Å²) in [4.78, 5) is 10.7. The van der Waals surface area contributed by atoms with Crippen LogP contribution in [0, 0.1) is 18.3 Å². The quantitative estimate of drug-likeness (QED) is 0.357. The van der Waals surface area contributed by atoms with Crippen molar-refractivity contribution >= 4 is 6.09 Å². The van der Waals surface area contributed by atoms with Gasteiger partial charge in [-0.15, -0.1) is 6.42 Å². The Morgan fingerprint density at radius 2 is 2.17 bits per heavy atom. The van der Waals surface area contributed by atoms with Gasteiger partial charge in [0.1, 0.15) is 12.7 Å². The van der Waals surface area contributed by atoms with Crippen LogP contribution in [0.2, 0.25) is 0 Å². The van der Waals surface area contributed by atoms with Gasteiger partial charge in [0, 0.05) is 0 Å². The molecule has 0 aliphatic carbocycles. The first-order chi connectivity index (χ1) is 8.47. The van der Waals surface area contributed by atoms with Gasteiger partial charge in [0.2, 0.25) is 6.29 Å². The third-order valence-electron chi connectivity index (χ3n) is 2.00. The monoisotopic (exact) mass is 259 g/mol. The van der Waals surface area contributed by atoms with E-state index in [1.165, 1.54) is 0 Å². The Labute approximate surface area is 107 Å². The number of hydrogen-bond donors (Lipinski definition) is 2. The summed E-state index contributed by atoms with van der Waals surface area (Å²) in [7, 11) is 0. The molecular formula is C12H21NO5. The molecule has 2 unspecified atom stereocenters. The number of rotatable bonds is 9. The standard InChI is InChI=1S/C12H21NO5/c1-4-6-16-8-10(14)11(18-12(13)15)17-7-5-9(2)3/h1,9-11,14H,5-8H2,2-3H3,(H2,13,15). The summed E-state index contributed by atoms with van der Waals surface area (Å²) in [5.74, 6) is 2.69. The maximum absolute atomic E-state index is 10.7. The number of aliphatic hydroxyl groups is 1. The normalized spacial score (nSPS) is 13.9. The van der Waals surface area contributed by atoms with Crippen LogP contribution in [0.4, 0.5) is 4.79 Å². The lowest BCUT2D eigenvalue weighted by atomic mass is 10.1. The number of terminal acetylenes is 1. The maximum atomic E-state index is 10.7. The molecule has 0 saturated carbocycles. The number of aliphatic hydroxyl groups excluding tert-OH is 1. The highest BCUT2D eigenvalue weighted by molar-refractivity contribution is 5.64. The third-order valence-corrected chi connectivity index (χ3v) is 2.00. The molecule has 3 N–H and O–H groups in total. The highest BCUT2D eigenvalue weighted by atomic mass is 16.7. The second-order valence-electron chi connectivity index (χ2n) is 4.15. The van der Waals surface area contributed by atoms with E-state index in [1.54, 1.807) is 0 Å². The Bertz CT molecular complexity index is 274. The summed E-state index contributed by atoms with van der Waals surface area (Å²) in [5, 5.41) is 9.70. The van der Waals surface area contributed by atoms with E-state index in [9.17, 15) is 9.90 Å². The second-order valence-corrected chi connectivity index (χ2v) is 4.15. The molecule has 18 heavy (non-hydrogen) atoms. The molecule has 0 bridgehead atoms. The lowest BCUT2D eigenvalue weighted by molar-refractivity contribution is -0.175. The van der Waals surface area contributed by atoms with Gasteiger partial charge in [-0.1, -0.05) is 19.8 Å². The summed E-state index contributed by atoms with van der Waals surface area (Å²) in [6, 6.07) is 0. The molecule has 0 fully saturated rings. The molecule has 0 aliphatic heterocycles. The van der Waals surface area contributed by atoms with Crippen LogP contribution >= 0.6 is 0 Å². The topological polar surface area (TPSA) is 91.0 Å². The number of carbonyl (C=O) groups excluding carboxylic acids is 1. The number of nitrogens with two attached hydrogens (primary N) is 1. The number of hydrogen-bond acceptors (Lipinski definition) is 5. The van der Waals surface area contributed by atoms with Crippen molar-refractivity contribution in [1.82, 2.24) is 0 Å². The lowest BCUT2D eigenvalue weighted by Crippen LogP contribution is -2.38. The Morgan fingerprint density at radius 1 is 1.50 bits per heavy atom. The zero-order valence-corrected chi connectivity index (χ0v) is 10.8. The van der Waals surface area contributed by atoms with Gasteiger partial charge < -0.3 is 25.1 Å². The molecule has 6 heteroatoms. The minimum absolute atomic E-state index is 0.0619. The molecule has 1 amide bonds. The highest BCUT2D eigenvalue weighted by Gasteiger charge is 2.23. The first kappa shape index (κ1) is 16.7. The SMILES string of the molecule is C#CCOCC(O)C(OCCC(C)C)OC(N)=O. The van der Waals surface area contributed by atoms with E-state index < -0.39 is 18.5 Å². The van der Waals surface area contributed by atoms with Gasteiger partial charge in [-0.25, -0.2) is 4.79 Å². The molecule has 0 aliphatic rings. The molecule has 2 atom stereocenters. The predicted molar refractivity (Wildman–Crippen MR) is 65.5 cm³/mol. The van der Waals surface area contributed by atoms with Crippen LogP contribution in [-0.4, -0.2) is 43.4 Å². The number of carbonyl (C=O) groups is 1. The Kier molecular flexibility index (Phi) is 9.01. The summed E-state index contributed by atoms with van der Waals surface area (Å²) in [6.07, 6.45) is 2.49. The largest absolute Gasteiger partial charge is 0.417 e. The summed E-state index contributed by atoms with van der Waals surface area (Å²) >= 11 is 0. The molecule has 0 saturated heterocycles. The minimum Gasteiger partial charge on any atom is -0.417 e. The van der Waals surface area contributed by atoms with Crippen molar-refractivity contribution in [2.24, 2.45) is 11.7 Å². The first-order valence-corrected chi connectivity index (χ1v) is 5.74. The minimum atomic E-state index is -1.14. The summed E-state index contributed by atoms with van der Waals surface area (Å²) in [5.41, 5.74) is 4.89. The molecule has 0 spiro atoms. The molecule has 0 aromatic carbocycles. The van der Waals surface area contributed by atoms with Gasteiger partial charge in [-0.2, -0.15) is 0 Å². The van der Waals surface area contributed by atoms with Gasteiger partial charge in [-0.05, 0) is 12.3 Å². The molecule has 0 heterocycles. The van der Waals surface area contributed by atoms with Crippen LogP contribution in [0.15, 0.2) is 0 Å². The van der Waals surface area contributed by atoms with E-state index in [1.807, 2.05) is 13.8 Å². The molecule has 0 rings (SSSR count). The van der Waals surface area contributed by atoms with E-state index in [4.69, 9.17) is 21.6 Å². The van der Waals surface area contributed by atoms with Crippen LogP contribution in [-0.2, 0) is 14.2 Å². The number of amides is 1. The maximum Gasteiger partial charge on any atom is 0.406 e. The van der Waals surface area contributed by atoms with Crippen molar-refractivity contribution < 1.29 is 24.1 Å². The summed E-state index contributed by atoms with van der Waals surface area (Å²) < 4.78 is 14.8. The van der Waals surface area contributed by atoms with Gasteiger partial charge in [-0.3, -0.25) is 0 Å². The molecular weight excluding hydrogens is 238 g/mol. The molecule has 6 nitrogen and oxygen atoms in total. The summed E-state index contributed by atoms with van der Waals surface area (Å²) in [6.45, 7) is 4.37. The zero-order valence-electron chi connectivity index (χ0n) is 10.8. The van der Waals surface area contributed by atoms with Crippen molar-refractivity contribution in [3.63, 3.8) is 0 Å². The fourth-order valence-electron chi connectivity index (χ4n) is 1.08. The second kappa shape index (κ2) is 9.71. The van der Waals surface area contributed by atoms with Crippen LogP contribution in [0.25, 0.3) is 0 Å². The van der Waals surface area contributed by atoms with Crippen LogP contribution in [0.3, 0.4) is 0 Å². The smallest absolute Gasteiger partial charge is 0.406 e. The first-order valence-electron chi connectivity index (χ1n) is 5.74.